The summed E-state index contributed by atoms with van der Waals surface area (Å²) in [4.78, 5) is 24.2. The lowest BCUT2D eigenvalue weighted by atomic mass is 9.87. The predicted molar refractivity (Wildman–Crippen MR) is 185 cm³/mol. The third-order valence-electron chi connectivity index (χ3n) is 9.61. The average molecular weight is 684 g/mol. The molecule has 0 heterocycles. The van der Waals surface area contributed by atoms with Gasteiger partial charge in [0.1, 0.15) is 10.6 Å². The molecule has 1 saturated carbocycles. The number of hydrogen-bond acceptors (Lipinski definition) is 4. The van der Waals surface area contributed by atoms with Gasteiger partial charge in [0.25, 0.3) is 0 Å². The van der Waals surface area contributed by atoms with Crippen LogP contribution in [-0.4, -0.2) is 50.5 Å². The predicted octanol–water partition coefficient (Wildman–Crippen LogP) is 9.54. The van der Waals surface area contributed by atoms with Gasteiger partial charge in [0.15, 0.2) is 16.6 Å². The summed E-state index contributed by atoms with van der Waals surface area (Å²) < 4.78 is 13.9. The Hall–Kier alpha value is -0.986. The molecule has 0 aromatic rings. The monoisotopic (exact) mass is 682 g/mol. The third kappa shape index (κ3) is 11.5. The highest BCUT2D eigenvalue weighted by Crippen LogP contribution is 2.44. The molecule has 0 spiro atoms. The molecule has 8 heteroatoms. The number of carbonyl (C=O) groups excluding carboxylic acids is 1. The maximum absolute atomic E-state index is 13.6. The van der Waals surface area contributed by atoms with E-state index < -0.39 is 27.4 Å². The van der Waals surface area contributed by atoms with E-state index in [2.05, 4.69) is 128 Å². The van der Waals surface area contributed by atoms with Crippen LogP contribution in [0.4, 0.5) is 0 Å². The molecule has 42 heavy (non-hydrogen) atoms. The van der Waals surface area contributed by atoms with Crippen molar-refractivity contribution in [1.29, 1.82) is 0 Å². The minimum atomic E-state index is -2.12. The molecule has 0 amide bonds. The second-order valence-electron chi connectivity index (χ2n) is 15.2. The van der Waals surface area contributed by atoms with Crippen molar-refractivity contribution >= 4 is 44.3 Å². The van der Waals surface area contributed by atoms with Crippen molar-refractivity contribution in [2.45, 2.75) is 148 Å². The van der Waals surface area contributed by atoms with Crippen molar-refractivity contribution in [1.82, 2.24) is 0 Å². The fourth-order valence-corrected chi connectivity index (χ4v) is 7.61. The number of Topliss-reactive ketones (excluding diaryl/α,β-unsaturated/α-hetero) is 1. The summed E-state index contributed by atoms with van der Waals surface area (Å²) in [6.07, 6.45) is 9.25. The zero-order chi connectivity index (χ0) is 32.7. The molecule has 0 saturated heterocycles. The van der Waals surface area contributed by atoms with Gasteiger partial charge in [0, 0.05) is 24.7 Å². The van der Waals surface area contributed by atoms with E-state index in [0.29, 0.717) is 25.7 Å². The number of allylic oxidation sites excluding steroid dienone is 2. The zero-order valence-electron chi connectivity index (χ0n) is 28.7. The van der Waals surface area contributed by atoms with E-state index in [0.717, 1.165) is 12.0 Å². The van der Waals surface area contributed by atoms with E-state index in [1.807, 2.05) is 6.92 Å². The van der Waals surface area contributed by atoms with E-state index in [9.17, 15) is 14.7 Å². The highest BCUT2D eigenvalue weighted by Gasteiger charge is 2.47. The van der Waals surface area contributed by atoms with E-state index in [1.165, 1.54) is 0 Å². The summed E-state index contributed by atoms with van der Waals surface area (Å²) in [5, 5.41) is 9.30. The molecule has 1 fully saturated rings. The molecule has 1 aliphatic carbocycles. The van der Waals surface area contributed by atoms with Crippen molar-refractivity contribution in [2.24, 2.45) is 17.8 Å². The first-order valence-electron chi connectivity index (χ1n) is 15.5. The van der Waals surface area contributed by atoms with Crippen LogP contribution < -0.4 is 0 Å². The molecule has 0 aromatic carbocycles. The highest BCUT2D eigenvalue weighted by molar-refractivity contribution is 9.10. The third-order valence-corrected chi connectivity index (χ3v) is 19.4. The molecule has 0 bridgehead atoms. The van der Waals surface area contributed by atoms with Gasteiger partial charge in [0.05, 0.1) is 12.2 Å². The van der Waals surface area contributed by atoms with Crippen LogP contribution in [0.2, 0.25) is 36.3 Å². The van der Waals surface area contributed by atoms with Gasteiger partial charge in [-0.1, -0.05) is 88.2 Å². The minimum absolute atomic E-state index is 0.0376. The van der Waals surface area contributed by atoms with Crippen LogP contribution in [0.3, 0.4) is 0 Å². The van der Waals surface area contributed by atoms with Crippen LogP contribution in [0.15, 0.2) is 23.8 Å². The number of alkyl halides is 1. The molecular formula is C34H59BrO5Si2. The number of ketones is 1. The molecule has 0 aliphatic heterocycles. The topological polar surface area (TPSA) is 72.8 Å². The molecule has 240 valence electrons. The summed E-state index contributed by atoms with van der Waals surface area (Å²) in [5.41, 5.74) is 1.12. The van der Waals surface area contributed by atoms with Gasteiger partial charge in [0.2, 0.25) is 0 Å². The van der Waals surface area contributed by atoms with Crippen molar-refractivity contribution in [3.8, 4) is 11.8 Å². The van der Waals surface area contributed by atoms with Crippen LogP contribution in [0, 0.1) is 29.6 Å². The number of aliphatic carboxylic acids is 1. The fraction of sp³-hybridized carbons (Fsp3) is 0.765. The maximum atomic E-state index is 13.6. The van der Waals surface area contributed by atoms with Gasteiger partial charge in [-0.05, 0) is 75.3 Å². The van der Waals surface area contributed by atoms with Gasteiger partial charge in [-0.2, -0.15) is 0 Å². The van der Waals surface area contributed by atoms with E-state index >= 15 is 0 Å². The normalized spacial score (nSPS) is 23.0. The fourth-order valence-electron chi connectivity index (χ4n) is 4.65. The molecule has 6 atom stereocenters. The Bertz CT molecular complexity index is 1040. The summed E-state index contributed by atoms with van der Waals surface area (Å²) in [5.74, 6) is 5.67. The second kappa shape index (κ2) is 15.8. The second-order valence-corrected chi connectivity index (χ2v) is 25.9. The lowest BCUT2D eigenvalue weighted by Crippen LogP contribution is -2.45. The van der Waals surface area contributed by atoms with Crippen molar-refractivity contribution in [3.63, 3.8) is 0 Å². The Kier molecular flexibility index (Phi) is 14.7. The van der Waals surface area contributed by atoms with Crippen LogP contribution in [-0.2, 0) is 18.4 Å². The molecule has 1 N–H and O–H groups in total. The van der Waals surface area contributed by atoms with Gasteiger partial charge >= 0.3 is 5.97 Å². The van der Waals surface area contributed by atoms with Crippen molar-refractivity contribution in [2.75, 3.05) is 0 Å². The Morgan fingerprint density at radius 3 is 2.19 bits per heavy atom. The number of hydrogen-bond donors (Lipinski definition) is 1. The van der Waals surface area contributed by atoms with Gasteiger partial charge in [-0.15, -0.1) is 11.8 Å². The van der Waals surface area contributed by atoms with Gasteiger partial charge < -0.3 is 14.0 Å². The standard InChI is InChI=1S/C34H59BrO5Si2/c1-14-15-18-25(3)30(39-41(10,11)33(4,5)6)21-20-26-27(22-24(2)17-16-19-28(35)32(37)38)29(36)23-31(26)40-42(12,13)34(7,8)9/h17,20-21,25-28,30-31H,16,18-19,22-23H2,1-13H3,(H,37,38)/b21-20+,24-17-/t25-,26+,27+,28?,30+,31+/m0/s1. The lowest BCUT2D eigenvalue weighted by molar-refractivity contribution is -0.136. The lowest BCUT2D eigenvalue weighted by Gasteiger charge is -2.41. The first-order valence-corrected chi connectivity index (χ1v) is 22.3. The summed E-state index contributed by atoms with van der Waals surface area (Å²) in [7, 11) is -4.18. The molecule has 1 aliphatic rings. The Morgan fingerprint density at radius 2 is 1.69 bits per heavy atom. The molecule has 5 nitrogen and oxygen atoms in total. The summed E-state index contributed by atoms with van der Waals surface area (Å²) in [6, 6.07) is 0. The molecule has 1 rings (SSSR count). The first kappa shape index (κ1) is 39.0. The molecule has 0 radical (unpaired) electrons. The highest BCUT2D eigenvalue weighted by atomic mass is 79.9. The van der Waals surface area contributed by atoms with Crippen molar-refractivity contribution in [3.05, 3.63) is 23.8 Å². The first-order chi connectivity index (χ1) is 19.0. The summed E-state index contributed by atoms with van der Waals surface area (Å²) in [6.45, 7) is 28.7. The van der Waals surface area contributed by atoms with Crippen LogP contribution in [0.5, 0.6) is 0 Å². The van der Waals surface area contributed by atoms with Gasteiger partial charge in [-0.25, -0.2) is 0 Å². The quantitative estimate of drug-likeness (QED) is 0.0855. The largest absolute Gasteiger partial charge is 0.480 e. The van der Waals surface area contributed by atoms with Crippen LogP contribution in [0.25, 0.3) is 0 Å². The number of halogens is 1. The van der Waals surface area contributed by atoms with Crippen LogP contribution in [0.1, 0.15) is 94.4 Å². The number of carbonyl (C=O) groups is 2. The molecule has 0 aromatic heterocycles. The van der Waals surface area contributed by atoms with E-state index in [-0.39, 0.29) is 45.8 Å². The average Bonchev–Trinajstić information content (AvgIpc) is 3.11. The number of rotatable bonds is 14. The number of carboxylic acids is 1. The van der Waals surface area contributed by atoms with E-state index in [4.69, 9.17) is 8.85 Å². The number of carboxylic acid groups (broad SMARTS) is 1. The molecule has 1 unspecified atom stereocenters. The summed E-state index contributed by atoms with van der Waals surface area (Å²) >= 11 is 3.22. The Morgan fingerprint density at radius 1 is 1.12 bits per heavy atom. The van der Waals surface area contributed by atoms with E-state index in [1.54, 1.807) is 0 Å². The maximum Gasteiger partial charge on any atom is 0.317 e. The van der Waals surface area contributed by atoms with Gasteiger partial charge in [-0.3, -0.25) is 9.59 Å². The molecular weight excluding hydrogens is 624 g/mol. The zero-order valence-corrected chi connectivity index (χ0v) is 32.3. The smallest absolute Gasteiger partial charge is 0.317 e. The minimum Gasteiger partial charge on any atom is -0.480 e. The van der Waals surface area contributed by atoms with Crippen LogP contribution >= 0.6 is 15.9 Å². The Labute approximate surface area is 268 Å². The van der Waals surface area contributed by atoms with Crippen molar-refractivity contribution < 1.29 is 23.5 Å². The Balaban J connectivity index is 3.44. The SMILES string of the molecule is CC#CC[C@H](C)[C@@H](/C=C/[C@H]1[C@H](O[Si](C)(C)C(C)(C)C)CC(=O)[C@@H]1C/C(C)=C\CCC(Br)C(=O)O)O[Si](C)(C)C(C)(C)C.